The fourth-order valence-corrected chi connectivity index (χ4v) is 5.85. The van der Waals surface area contributed by atoms with Crippen LogP contribution in [-0.2, 0) is 10.0 Å². The van der Waals surface area contributed by atoms with E-state index in [0.29, 0.717) is 29.3 Å². The molecule has 1 N–H and O–H groups in total. The molecule has 0 bridgehead atoms. The van der Waals surface area contributed by atoms with Crippen LogP contribution in [0.5, 0.6) is 0 Å². The Kier molecular flexibility index (Phi) is 5.38. The van der Waals surface area contributed by atoms with E-state index in [4.69, 9.17) is 0 Å². The van der Waals surface area contributed by atoms with Crippen LogP contribution in [0.3, 0.4) is 0 Å². The Morgan fingerprint density at radius 2 is 1.87 bits per heavy atom. The predicted molar refractivity (Wildman–Crippen MR) is 122 cm³/mol. The van der Waals surface area contributed by atoms with E-state index < -0.39 is 10.0 Å². The van der Waals surface area contributed by atoms with Crippen molar-refractivity contribution in [1.82, 2.24) is 4.98 Å². The molecule has 0 radical (unpaired) electrons. The lowest BCUT2D eigenvalue weighted by Gasteiger charge is -2.17. The van der Waals surface area contributed by atoms with Crippen LogP contribution < -0.4 is 9.62 Å². The van der Waals surface area contributed by atoms with E-state index in [9.17, 15) is 13.2 Å². The molecule has 3 aromatic rings. The third kappa shape index (κ3) is 3.97. The molecular weight excluding hydrogens is 418 g/mol. The third-order valence-corrected chi connectivity index (χ3v) is 7.96. The van der Waals surface area contributed by atoms with Crippen LogP contribution in [0.15, 0.2) is 41.8 Å². The van der Waals surface area contributed by atoms with Crippen LogP contribution in [0.1, 0.15) is 33.5 Å². The van der Waals surface area contributed by atoms with Gasteiger partial charge in [-0.3, -0.25) is 14.4 Å². The SMILES string of the molecule is Cc1cc(C)c(-c2csc(NC(=O)c3cccc(N4CCCS4(=O)=O)c3)n2)cc1C. The number of nitrogens with one attached hydrogen (secondary N) is 1. The maximum atomic E-state index is 12.7. The Hall–Kier alpha value is -2.71. The third-order valence-electron chi connectivity index (χ3n) is 5.34. The minimum atomic E-state index is -3.29. The summed E-state index contributed by atoms with van der Waals surface area (Å²) in [5, 5.41) is 5.27. The zero-order valence-electron chi connectivity index (χ0n) is 17.1. The zero-order chi connectivity index (χ0) is 21.5. The monoisotopic (exact) mass is 441 g/mol. The maximum absolute atomic E-state index is 12.7. The number of benzene rings is 2. The van der Waals surface area contributed by atoms with Crippen LogP contribution in [-0.4, -0.2) is 31.6 Å². The Labute approximate surface area is 180 Å². The van der Waals surface area contributed by atoms with Crippen molar-refractivity contribution in [3.8, 4) is 11.3 Å². The average Bonchev–Trinajstić information content (AvgIpc) is 3.30. The molecule has 0 spiro atoms. The van der Waals surface area contributed by atoms with E-state index in [2.05, 4.69) is 43.2 Å². The van der Waals surface area contributed by atoms with E-state index in [1.807, 2.05) is 5.38 Å². The lowest BCUT2D eigenvalue weighted by Crippen LogP contribution is -2.25. The van der Waals surface area contributed by atoms with E-state index in [1.165, 1.54) is 26.8 Å². The minimum absolute atomic E-state index is 0.142. The Balaban J connectivity index is 1.55. The van der Waals surface area contributed by atoms with Crippen molar-refractivity contribution in [2.45, 2.75) is 27.2 Å². The van der Waals surface area contributed by atoms with E-state index >= 15 is 0 Å². The number of sulfonamides is 1. The number of carbonyl (C=O) groups excluding carboxylic acids is 1. The highest BCUT2D eigenvalue weighted by atomic mass is 32.2. The van der Waals surface area contributed by atoms with Crippen molar-refractivity contribution in [2.75, 3.05) is 21.9 Å². The summed E-state index contributed by atoms with van der Waals surface area (Å²) < 4.78 is 25.7. The van der Waals surface area contributed by atoms with Gasteiger partial charge < -0.3 is 0 Å². The van der Waals surface area contributed by atoms with Gasteiger partial charge in [-0.05, 0) is 68.1 Å². The van der Waals surface area contributed by atoms with Crippen molar-refractivity contribution >= 4 is 38.1 Å². The molecule has 1 amide bonds. The number of amides is 1. The number of nitrogens with zero attached hydrogens (tertiary/aromatic N) is 2. The standard InChI is InChI=1S/C22H23N3O3S2/c1-14-10-16(3)19(11-15(14)2)20-13-29-22(23-20)24-21(26)17-6-4-7-18(12-17)25-8-5-9-30(25,27)28/h4,6-7,10-13H,5,8-9H2,1-3H3,(H,23,24,26). The van der Waals surface area contributed by atoms with E-state index in [1.54, 1.807) is 24.3 Å². The summed E-state index contributed by atoms with van der Waals surface area (Å²) in [6.07, 6.45) is 0.596. The molecule has 0 unspecified atom stereocenters. The summed E-state index contributed by atoms with van der Waals surface area (Å²) in [5.74, 6) is -0.172. The summed E-state index contributed by atoms with van der Waals surface area (Å²) in [6.45, 7) is 6.65. The number of aryl methyl sites for hydroxylation is 3. The first-order chi connectivity index (χ1) is 14.2. The van der Waals surface area contributed by atoms with Crippen molar-refractivity contribution in [3.05, 3.63) is 64.0 Å². The van der Waals surface area contributed by atoms with E-state index in [-0.39, 0.29) is 11.7 Å². The van der Waals surface area contributed by atoms with Crippen LogP contribution >= 0.6 is 11.3 Å². The van der Waals surface area contributed by atoms with Crippen LogP contribution in [0, 0.1) is 20.8 Å². The lowest BCUT2D eigenvalue weighted by molar-refractivity contribution is 0.102. The first kappa shape index (κ1) is 20.6. The zero-order valence-corrected chi connectivity index (χ0v) is 18.7. The molecule has 1 aliphatic rings. The number of rotatable bonds is 4. The predicted octanol–water partition coefficient (Wildman–Crippen LogP) is 4.53. The highest BCUT2D eigenvalue weighted by Gasteiger charge is 2.28. The van der Waals surface area contributed by atoms with Crippen molar-refractivity contribution in [1.29, 1.82) is 0 Å². The molecule has 1 aliphatic heterocycles. The number of hydrogen-bond donors (Lipinski definition) is 1. The molecule has 0 atom stereocenters. The molecule has 6 nitrogen and oxygen atoms in total. The summed E-state index contributed by atoms with van der Waals surface area (Å²) in [6, 6.07) is 10.9. The largest absolute Gasteiger partial charge is 0.298 e. The minimum Gasteiger partial charge on any atom is -0.298 e. The molecule has 2 heterocycles. The summed E-state index contributed by atoms with van der Waals surface area (Å²) in [5.41, 5.74) is 6.37. The fourth-order valence-electron chi connectivity index (χ4n) is 3.59. The Bertz CT molecular complexity index is 1230. The molecular formula is C22H23N3O3S2. The second-order valence-electron chi connectivity index (χ2n) is 7.54. The van der Waals surface area contributed by atoms with Gasteiger partial charge in [0.1, 0.15) is 0 Å². The van der Waals surface area contributed by atoms with Gasteiger partial charge in [0.15, 0.2) is 5.13 Å². The molecule has 30 heavy (non-hydrogen) atoms. The molecule has 0 saturated carbocycles. The van der Waals surface area contributed by atoms with Gasteiger partial charge in [0.2, 0.25) is 10.0 Å². The first-order valence-electron chi connectivity index (χ1n) is 9.70. The van der Waals surface area contributed by atoms with Crippen molar-refractivity contribution in [3.63, 3.8) is 0 Å². The molecule has 1 fully saturated rings. The van der Waals surface area contributed by atoms with Gasteiger partial charge in [0, 0.05) is 23.1 Å². The number of carbonyl (C=O) groups is 1. The highest BCUT2D eigenvalue weighted by Crippen LogP contribution is 2.30. The summed E-state index contributed by atoms with van der Waals surface area (Å²) >= 11 is 1.37. The molecule has 0 aliphatic carbocycles. The van der Waals surface area contributed by atoms with Crippen molar-refractivity contribution < 1.29 is 13.2 Å². The van der Waals surface area contributed by atoms with Gasteiger partial charge in [0.25, 0.3) is 5.91 Å². The number of hydrogen-bond acceptors (Lipinski definition) is 5. The van der Waals surface area contributed by atoms with Crippen molar-refractivity contribution in [2.24, 2.45) is 0 Å². The second kappa shape index (κ2) is 7.85. The number of anilines is 2. The molecule has 1 saturated heterocycles. The molecule has 2 aromatic carbocycles. The van der Waals surface area contributed by atoms with Gasteiger partial charge in [-0.2, -0.15) is 0 Å². The lowest BCUT2D eigenvalue weighted by atomic mass is 9.99. The van der Waals surface area contributed by atoms with Crippen LogP contribution in [0.2, 0.25) is 0 Å². The van der Waals surface area contributed by atoms with Gasteiger partial charge >= 0.3 is 0 Å². The topological polar surface area (TPSA) is 79.4 Å². The Morgan fingerprint density at radius 3 is 2.60 bits per heavy atom. The summed E-state index contributed by atoms with van der Waals surface area (Å²) in [7, 11) is -3.29. The van der Waals surface area contributed by atoms with Crippen LogP contribution in [0.25, 0.3) is 11.3 Å². The molecule has 8 heteroatoms. The first-order valence-corrected chi connectivity index (χ1v) is 12.2. The molecule has 1 aromatic heterocycles. The number of thiazole rings is 1. The van der Waals surface area contributed by atoms with E-state index in [0.717, 1.165) is 16.8 Å². The average molecular weight is 442 g/mol. The fraction of sp³-hybridized carbons (Fsp3) is 0.273. The summed E-state index contributed by atoms with van der Waals surface area (Å²) in [4.78, 5) is 17.3. The normalized spacial score (nSPS) is 15.4. The molecule has 156 valence electrons. The van der Waals surface area contributed by atoms with Gasteiger partial charge in [-0.25, -0.2) is 13.4 Å². The number of aromatic nitrogens is 1. The second-order valence-corrected chi connectivity index (χ2v) is 10.4. The highest BCUT2D eigenvalue weighted by molar-refractivity contribution is 7.93. The van der Waals surface area contributed by atoms with Gasteiger partial charge in [-0.15, -0.1) is 11.3 Å². The Morgan fingerprint density at radius 1 is 1.10 bits per heavy atom. The smallest absolute Gasteiger partial charge is 0.257 e. The van der Waals surface area contributed by atoms with Gasteiger partial charge in [0.05, 0.1) is 17.1 Å². The maximum Gasteiger partial charge on any atom is 0.257 e. The molecule has 4 rings (SSSR count). The van der Waals surface area contributed by atoms with Gasteiger partial charge in [-0.1, -0.05) is 12.1 Å². The quantitative estimate of drug-likeness (QED) is 0.645. The van der Waals surface area contributed by atoms with Crippen LogP contribution in [0.4, 0.5) is 10.8 Å².